The second-order valence-corrected chi connectivity index (χ2v) is 8.91. The molecule has 1 aromatic heterocycles. The minimum atomic E-state index is -3.69. The standard InChI is InChI=1S/C20H26N4O6S/c1-4-29-20(26)30-17-7-5-15(6-8-17)19(25)24-11-9-16(10-12-24)23-31(27,28)18-13(2)21-22-14(18)3/h5-8,16,23H,4,9-12H2,1-3H3,(H,21,22). The van der Waals surface area contributed by atoms with Crippen molar-refractivity contribution in [3.05, 3.63) is 41.2 Å². The SMILES string of the molecule is CCOC(=O)Oc1ccc(C(=O)N2CCC(NS(=O)(=O)c3c(C)n[nH]c3C)CC2)cc1. The zero-order valence-electron chi connectivity index (χ0n) is 17.7. The number of amides is 1. The van der Waals surface area contributed by atoms with Gasteiger partial charge in [0.1, 0.15) is 10.6 Å². The number of nitrogens with one attached hydrogen (secondary N) is 2. The molecule has 0 aliphatic carbocycles. The Hall–Kier alpha value is -2.92. The predicted octanol–water partition coefficient (Wildman–Crippen LogP) is 2.14. The normalized spacial score (nSPS) is 15.0. The van der Waals surface area contributed by atoms with E-state index in [0.717, 1.165) is 0 Å². The third-order valence-corrected chi connectivity index (χ3v) is 6.78. The summed E-state index contributed by atoms with van der Waals surface area (Å²) in [4.78, 5) is 26.0. The highest BCUT2D eigenvalue weighted by Gasteiger charge is 2.29. The van der Waals surface area contributed by atoms with E-state index in [9.17, 15) is 18.0 Å². The first-order valence-electron chi connectivity index (χ1n) is 9.99. The molecule has 2 N–H and O–H groups in total. The van der Waals surface area contributed by atoms with Gasteiger partial charge in [0.05, 0.1) is 18.0 Å². The van der Waals surface area contributed by atoms with Gasteiger partial charge in [-0.2, -0.15) is 5.10 Å². The van der Waals surface area contributed by atoms with E-state index < -0.39 is 16.2 Å². The second-order valence-electron chi connectivity index (χ2n) is 7.26. The first kappa shape index (κ1) is 22.8. The number of rotatable bonds is 6. The first-order valence-corrected chi connectivity index (χ1v) is 11.5. The first-order chi connectivity index (χ1) is 14.7. The third-order valence-electron chi connectivity index (χ3n) is 5.00. The Morgan fingerprint density at radius 1 is 1.19 bits per heavy atom. The molecular weight excluding hydrogens is 424 g/mol. The molecule has 1 saturated heterocycles. The van der Waals surface area contributed by atoms with Crippen LogP contribution >= 0.6 is 0 Å². The van der Waals surface area contributed by atoms with Crippen LogP contribution in [0.3, 0.4) is 0 Å². The second kappa shape index (κ2) is 9.48. The molecule has 31 heavy (non-hydrogen) atoms. The lowest BCUT2D eigenvalue weighted by molar-refractivity contribution is 0.0711. The highest BCUT2D eigenvalue weighted by molar-refractivity contribution is 7.89. The molecule has 1 aliphatic heterocycles. The maximum atomic E-state index is 12.7. The molecule has 0 atom stereocenters. The molecule has 0 unspecified atom stereocenters. The van der Waals surface area contributed by atoms with Crippen LogP contribution in [0.15, 0.2) is 29.2 Å². The summed E-state index contributed by atoms with van der Waals surface area (Å²) in [6, 6.07) is 5.95. The number of ether oxygens (including phenoxy) is 2. The molecular formula is C20H26N4O6S. The van der Waals surface area contributed by atoms with Gasteiger partial charge in [-0.1, -0.05) is 0 Å². The molecule has 1 fully saturated rings. The zero-order chi connectivity index (χ0) is 22.6. The van der Waals surface area contributed by atoms with E-state index in [1.807, 2.05) is 0 Å². The lowest BCUT2D eigenvalue weighted by Crippen LogP contribution is -2.46. The van der Waals surface area contributed by atoms with Gasteiger partial charge in [-0.05, 0) is 57.9 Å². The molecule has 2 aromatic rings. The Bertz CT molecular complexity index is 1020. The van der Waals surface area contributed by atoms with E-state index in [2.05, 4.69) is 14.9 Å². The van der Waals surface area contributed by atoms with Crippen molar-refractivity contribution in [3.8, 4) is 5.75 Å². The molecule has 0 saturated carbocycles. The maximum absolute atomic E-state index is 12.7. The summed E-state index contributed by atoms with van der Waals surface area (Å²) in [5.74, 6) is 0.124. The number of sulfonamides is 1. The number of aryl methyl sites for hydroxylation is 2. The van der Waals surface area contributed by atoms with Crippen molar-refractivity contribution < 1.29 is 27.5 Å². The predicted molar refractivity (Wildman–Crippen MR) is 111 cm³/mol. The summed E-state index contributed by atoms with van der Waals surface area (Å²) in [6.07, 6.45) is 0.211. The van der Waals surface area contributed by atoms with Crippen molar-refractivity contribution in [1.82, 2.24) is 19.8 Å². The summed E-state index contributed by atoms with van der Waals surface area (Å²) in [6.45, 7) is 6.05. The number of carbonyl (C=O) groups is 2. The largest absolute Gasteiger partial charge is 0.513 e. The van der Waals surface area contributed by atoms with Crippen molar-refractivity contribution >= 4 is 22.1 Å². The molecule has 0 bridgehead atoms. The van der Waals surface area contributed by atoms with E-state index in [0.29, 0.717) is 42.9 Å². The van der Waals surface area contributed by atoms with E-state index in [1.165, 1.54) is 12.1 Å². The number of benzene rings is 1. The highest BCUT2D eigenvalue weighted by atomic mass is 32.2. The zero-order valence-corrected chi connectivity index (χ0v) is 18.5. The van der Waals surface area contributed by atoms with Gasteiger partial charge in [-0.3, -0.25) is 9.89 Å². The fourth-order valence-electron chi connectivity index (χ4n) is 3.51. The fraction of sp³-hybridized carbons (Fsp3) is 0.450. The molecule has 3 rings (SSSR count). The number of carbonyl (C=O) groups excluding carboxylic acids is 2. The molecule has 1 aliphatic rings. The molecule has 1 amide bonds. The van der Waals surface area contributed by atoms with Crippen LogP contribution in [-0.4, -0.2) is 61.3 Å². The monoisotopic (exact) mass is 450 g/mol. The van der Waals surface area contributed by atoms with Crippen LogP contribution in [0.4, 0.5) is 4.79 Å². The Morgan fingerprint density at radius 3 is 2.39 bits per heavy atom. The van der Waals surface area contributed by atoms with E-state index >= 15 is 0 Å². The lowest BCUT2D eigenvalue weighted by Gasteiger charge is -2.32. The maximum Gasteiger partial charge on any atom is 0.513 e. The van der Waals surface area contributed by atoms with Gasteiger partial charge >= 0.3 is 6.16 Å². The smallest absolute Gasteiger partial charge is 0.434 e. The van der Waals surface area contributed by atoms with Crippen LogP contribution in [0.1, 0.15) is 41.5 Å². The summed E-state index contributed by atoms with van der Waals surface area (Å²) in [5, 5.41) is 6.63. The molecule has 11 heteroatoms. The molecule has 0 radical (unpaired) electrons. The minimum Gasteiger partial charge on any atom is -0.434 e. The number of aromatic amines is 1. The Kier molecular flexibility index (Phi) is 6.96. The summed E-state index contributed by atoms with van der Waals surface area (Å²) in [5.41, 5.74) is 1.38. The number of hydrogen-bond acceptors (Lipinski definition) is 7. The van der Waals surface area contributed by atoms with E-state index in [1.54, 1.807) is 37.8 Å². The fourth-order valence-corrected chi connectivity index (χ4v) is 5.18. The van der Waals surface area contributed by atoms with Gasteiger partial charge in [0, 0.05) is 24.7 Å². The number of likely N-dealkylation sites (tertiary alicyclic amines) is 1. The molecule has 2 heterocycles. The Labute approximate surface area is 181 Å². The Balaban J connectivity index is 1.56. The third kappa shape index (κ3) is 5.42. The summed E-state index contributed by atoms with van der Waals surface area (Å²) >= 11 is 0. The number of aromatic nitrogens is 2. The van der Waals surface area contributed by atoms with Crippen molar-refractivity contribution in [1.29, 1.82) is 0 Å². The summed E-state index contributed by atoms with van der Waals surface area (Å²) in [7, 11) is -3.69. The highest BCUT2D eigenvalue weighted by Crippen LogP contribution is 2.21. The van der Waals surface area contributed by atoms with E-state index in [4.69, 9.17) is 9.47 Å². The number of nitrogens with zero attached hydrogens (tertiary/aromatic N) is 2. The lowest BCUT2D eigenvalue weighted by atomic mass is 10.0. The molecule has 10 nitrogen and oxygen atoms in total. The van der Waals surface area contributed by atoms with E-state index in [-0.39, 0.29) is 29.2 Å². The van der Waals surface area contributed by atoms with Crippen molar-refractivity contribution in [2.75, 3.05) is 19.7 Å². The van der Waals surface area contributed by atoms with Crippen molar-refractivity contribution in [3.63, 3.8) is 0 Å². The van der Waals surface area contributed by atoms with Gasteiger partial charge in [0.25, 0.3) is 5.91 Å². The van der Waals surface area contributed by atoms with Crippen molar-refractivity contribution in [2.45, 2.75) is 44.6 Å². The van der Waals surface area contributed by atoms with Crippen LogP contribution in [0.25, 0.3) is 0 Å². The average molecular weight is 451 g/mol. The number of piperidine rings is 1. The van der Waals surface area contributed by atoms with Gasteiger partial charge in [0.2, 0.25) is 10.0 Å². The quantitative estimate of drug-likeness (QED) is 0.509. The molecule has 1 aromatic carbocycles. The topological polar surface area (TPSA) is 131 Å². The van der Waals surface area contributed by atoms with Crippen LogP contribution in [0.5, 0.6) is 5.75 Å². The summed E-state index contributed by atoms with van der Waals surface area (Å²) < 4.78 is 37.8. The van der Waals surface area contributed by atoms with Gasteiger partial charge in [0.15, 0.2) is 0 Å². The van der Waals surface area contributed by atoms with Crippen LogP contribution in [0.2, 0.25) is 0 Å². The van der Waals surface area contributed by atoms with Crippen LogP contribution in [0, 0.1) is 13.8 Å². The molecule has 168 valence electrons. The number of H-pyrrole nitrogens is 1. The Morgan fingerprint density at radius 2 is 1.84 bits per heavy atom. The van der Waals surface area contributed by atoms with Crippen LogP contribution in [-0.2, 0) is 14.8 Å². The van der Waals surface area contributed by atoms with Crippen LogP contribution < -0.4 is 9.46 Å². The average Bonchev–Trinajstić information content (AvgIpc) is 3.07. The van der Waals surface area contributed by atoms with Gasteiger partial charge in [-0.25, -0.2) is 17.9 Å². The molecule has 0 spiro atoms. The van der Waals surface area contributed by atoms with Crippen molar-refractivity contribution in [2.24, 2.45) is 0 Å². The van der Waals surface area contributed by atoms with Gasteiger partial charge < -0.3 is 14.4 Å². The van der Waals surface area contributed by atoms with Gasteiger partial charge in [-0.15, -0.1) is 0 Å². The number of hydrogen-bond donors (Lipinski definition) is 2. The minimum absolute atomic E-state index is 0.162.